The number of methoxy groups -OCH3 is 2. The van der Waals surface area contributed by atoms with Gasteiger partial charge in [0, 0.05) is 30.7 Å². The van der Waals surface area contributed by atoms with Crippen molar-refractivity contribution in [3.8, 4) is 11.5 Å². The van der Waals surface area contributed by atoms with E-state index >= 15 is 0 Å². The molecule has 1 saturated heterocycles. The van der Waals surface area contributed by atoms with Crippen LogP contribution in [0.2, 0.25) is 0 Å². The molecule has 5 rings (SSSR count). The van der Waals surface area contributed by atoms with Crippen LogP contribution in [0.4, 0.5) is 16.2 Å². The summed E-state index contributed by atoms with van der Waals surface area (Å²) >= 11 is 0. The fourth-order valence-electron chi connectivity index (χ4n) is 6.28. The first-order valence-electron chi connectivity index (χ1n) is 17.2. The Morgan fingerprint density at radius 2 is 1.21 bits per heavy atom. The molecule has 3 unspecified atom stereocenters. The smallest absolute Gasteiger partial charge is 0.497 e. The summed E-state index contributed by atoms with van der Waals surface area (Å²) in [5, 5.41) is 22.0. The zero-order valence-corrected chi connectivity index (χ0v) is 30.7. The minimum absolute atomic E-state index is 0.154. The van der Waals surface area contributed by atoms with Gasteiger partial charge in [-0.25, -0.2) is 9.59 Å². The van der Waals surface area contributed by atoms with Crippen LogP contribution in [-0.4, -0.2) is 75.4 Å². The van der Waals surface area contributed by atoms with E-state index in [9.17, 15) is 44.9 Å². The van der Waals surface area contributed by atoms with Gasteiger partial charge in [0.25, 0.3) is 17.2 Å². The van der Waals surface area contributed by atoms with E-state index in [4.69, 9.17) is 23.7 Å². The van der Waals surface area contributed by atoms with Gasteiger partial charge in [0.1, 0.15) is 30.8 Å². The third-order valence-electron chi connectivity index (χ3n) is 9.21. The number of esters is 1. The molecule has 294 valence electrons. The number of β-lactam (4-membered cyclic amide) rings is 1. The third-order valence-corrected chi connectivity index (χ3v) is 9.21. The Labute approximate surface area is 324 Å². The molecule has 1 heterocycles. The highest BCUT2D eigenvalue weighted by Crippen LogP contribution is 2.44. The Kier molecular flexibility index (Phi) is 13.0. The van der Waals surface area contributed by atoms with Crippen molar-refractivity contribution in [1.82, 2.24) is 4.90 Å². The summed E-state index contributed by atoms with van der Waals surface area (Å²) in [5.74, 6) is -2.90. The van der Waals surface area contributed by atoms with Crippen molar-refractivity contribution >= 4 is 40.9 Å². The monoisotopic (exact) mass is 781 g/mol. The van der Waals surface area contributed by atoms with Crippen molar-refractivity contribution in [1.29, 1.82) is 0 Å². The van der Waals surface area contributed by atoms with Crippen LogP contribution in [0.25, 0.3) is 5.53 Å². The first-order valence-corrected chi connectivity index (χ1v) is 17.2. The first-order chi connectivity index (χ1) is 27.3. The van der Waals surface area contributed by atoms with E-state index < -0.39 is 76.5 Å². The fourth-order valence-corrected chi connectivity index (χ4v) is 6.28. The zero-order chi connectivity index (χ0) is 41.2. The molecule has 0 saturated carbocycles. The molecule has 0 spiro atoms. The van der Waals surface area contributed by atoms with E-state index in [1.165, 1.54) is 74.6 Å². The van der Waals surface area contributed by atoms with Crippen molar-refractivity contribution in [3.63, 3.8) is 0 Å². The number of ketones is 1. The van der Waals surface area contributed by atoms with Gasteiger partial charge in [-0.1, -0.05) is 24.3 Å². The van der Waals surface area contributed by atoms with E-state index in [1.54, 1.807) is 48.5 Å². The van der Waals surface area contributed by atoms with Gasteiger partial charge in [0.2, 0.25) is 5.91 Å². The molecule has 3 atom stereocenters. The van der Waals surface area contributed by atoms with Gasteiger partial charge >= 0.3 is 17.8 Å². The minimum Gasteiger partial charge on any atom is -0.497 e. The van der Waals surface area contributed by atoms with Crippen LogP contribution in [0.15, 0.2) is 97.1 Å². The highest BCUT2D eigenvalue weighted by atomic mass is 16.7. The molecule has 18 nitrogen and oxygen atoms in total. The topological polar surface area (TPSA) is 240 Å². The predicted octanol–water partition coefficient (Wildman–Crippen LogP) is 5.55. The largest absolute Gasteiger partial charge is 0.508 e. The number of nitro benzene ring substituents is 2. The van der Waals surface area contributed by atoms with Crippen LogP contribution < -0.4 is 9.47 Å². The van der Waals surface area contributed by atoms with E-state index in [0.717, 1.165) is 0 Å². The molecule has 1 aliphatic heterocycles. The van der Waals surface area contributed by atoms with Crippen molar-refractivity contribution in [2.24, 2.45) is 5.92 Å². The Balaban J connectivity index is 1.40. The van der Waals surface area contributed by atoms with E-state index in [-0.39, 0.29) is 18.0 Å². The van der Waals surface area contributed by atoms with Gasteiger partial charge in [0.05, 0.1) is 42.1 Å². The standard InChI is InChI=1S/C39H35N5O13/c1-23(57-39(48)56-22-25-6-14-29(15-7-25)44(51)52)34-32(20-33(45)35(41-40)38(47)55-21-24-4-12-28(13-5-24)43(49)50)42(37(34)46)36(26-8-16-30(53-2)17-9-26)27-10-18-31(54-3)19-11-27/h4-19,23,32,34,36H,20-22H2,1-3H3. The molecule has 0 bridgehead atoms. The summed E-state index contributed by atoms with van der Waals surface area (Å²) < 4.78 is 26.5. The number of hydrogen-bond acceptors (Lipinski definition) is 13. The fraction of sp³-hybridized carbons (Fsp3) is 0.256. The predicted molar refractivity (Wildman–Crippen MR) is 197 cm³/mol. The summed E-state index contributed by atoms with van der Waals surface area (Å²) in [7, 11) is 2.99. The maximum Gasteiger partial charge on any atom is 0.508 e. The van der Waals surface area contributed by atoms with Crippen molar-refractivity contribution in [2.45, 2.75) is 44.7 Å². The summed E-state index contributed by atoms with van der Waals surface area (Å²) in [6.45, 7) is 0.717. The number of carbonyl (C=O) groups is 4. The van der Waals surface area contributed by atoms with Gasteiger partial charge in [-0.2, -0.15) is 4.79 Å². The first kappa shape index (κ1) is 40.7. The number of ether oxygens (including phenoxy) is 5. The second kappa shape index (κ2) is 18.2. The number of nitro groups is 2. The number of benzene rings is 4. The van der Waals surface area contributed by atoms with Crippen LogP contribution >= 0.6 is 0 Å². The maximum absolute atomic E-state index is 14.2. The van der Waals surface area contributed by atoms with Crippen LogP contribution in [0, 0.1) is 26.1 Å². The van der Waals surface area contributed by atoms with Crippen molar-refractivity contribution in [2.75, 3.05) is 14.2 Å². The zero-order valence-electron chi connectivity index (χ0n) is 30.7. The highest BCUT2D eigenvalue weighted by Gasteiger charge is 2.56. The number of nitrogens with zero attached hydrogens (tertiary/aromatic N) is 5. The third kappa shape index (κ3) is 9.62. The van der Waals surface area contributed by atoms with E-state index in [0.29, 0.717) is 33.8 Å². The quantitative estimate of drug-likeness (QED) is 0.0187. The second-order valence-electron chi connectivity index (χ2n) is 12.6. The molecular formula is C39H35N5O13. The second-order valence-corrected chi connectivity index (χ2v) is 12.6. The lowest BCUT2D eigenvalue weighted by Crippen LogP contribution is -2.66. The molecule has 0 N–H and O–H groups in total. The number of likely N-dealkylation sites (tertiary alicyclic amines) is 1. The lowest BCUT2D eigenvalue weighted by Gasteiger charge is -2.52. The average molecular weight is 782 g/mol. The maximum atomic E-state index is 14.2. The molecule has 57 heavy (non-hydrogen) atoms. The van der Waals surface area contributed by atoms with E-state index in [2.05, 4.69) is 4.79 Å². The highest BCUT2D eigenvalue weighted by molar-refractivity contribution is 6.62. The average Bonchev–Trinajstić information content (AvgIpc) is 3.21. The molecule has 1 amide bonds. The van der Waals surface area contributed by atoms with Gasteiger partial charge in [-0.05, 0) is 77.7 Å². The molecular weight excluding hydrogens is 746 g/mol. The summed E-state index contributed by atoms with van der Waals surface area (Å²) in [4.78, 5) is 79.0. The normalized spacial score (nSPS) is 15.0. The van der Waals surface area contributed by atoms with Crippen LogP contribution in [0.3, 0.4) is 0 Å². The molecule has 1 fully saturated rings. The summed E-state index contributed by atoms with van der Waals surface area (Å²) in [6.07, 6.45) is -2.94. The van der Waals surface area contributed by atoms with Gasteiger partial charge in [0.15, 0.2) is 0 Å². The van der Waals surface area contributed by atoms with Crippen LogP contribution in [0.1, 0.15) is 41.6 Å². The number of non-ortho nitro benzene ring substituents is 2. The molecule has 4 aromatic carbocycles. The van der Waals surface area contributed by atoms with Crippen LogP contribution in [-0.2, 0) is 41.8 Å². The van der Waals surface area contributed by atoms with Gasteiger partial charge in [-0.3, -0.25) is 29.8 Å². The Morgan fingerprint density at radius 3 is 1.63 bits per heavy atom. The summed E-state index contributed by atoms with van der Waals surface area (Å²) in [5.41, 5.74) is 10.5. The molecule has 4 aromatic rings. The lowest BCUT2D eigenvalue weighted by molar-refractivity contribution is -0.385. The Morgan fingerprint density at radius 1 is 0.754 bits per heavy atom. The molecule has 0 radical (unpaired) electrons. The SMILES string of the molecule is COc1ccc(C(c2ccc(OC)cc2)N2C(=O)C(C(C)OC(=O)OCc3ccc([N+](=O)[O-])cc3)C2CC(=O)C(=[N+]=[N-])C(=O)OCc2ccc([N+](=O)[O-])cc2)cc1. The number of hydrogen-bond donors (Lipinski definition) is 0. The molecule has 18 heteroatoms. The van der Waals surface area contributed by atoms with Crippen molar-refractivity contribution < 1.29 is 57.5 Å². The lowest BCUT2D eigenvalue weighted by atomic mass is 9.77. The van der Waals surface area contributed by atoms with E-state index in [1.807, 2.05) is 0 Å². The van der Waals surface area contributed by atoms with Crippen LogP contribution in [0.5, 0.6) is 11.5 Å². The molecule has 0 aromatic heterocycles. The van der Waals surface area contributed by atoms with Gasteiger partial charge in [-0.15, -0.1) is 0 Å². The number of carbonyl (C=O) groups excluding carboxylic acids is 4. The Bertz CT molecular complexity index is 2140. The van der Waals surface area contributed by atoms with Gasteiger partial charge < -0.3 is 34.1 Å². The number of rotatable bonds is 17. The minimum atomic E-state index is -1.30. The summed E-state index contributed by atoms with van der Waals surface area (Å²) in [6, 6.07) is 22.2. The molecule has 0 aliphatic carbocycles. The molecule has 1 aliphatic rings. The number of Topliss-reactive ketones (excluding diaryl/α,β-unsaturated/α-hetero) is 1. The Hall–Kier alpha value is -7.46. The van der Waals surface area contributed by atoms with Crippen molar-refractivity contribution in [3.05, 3.63) is 145 Å². The number of amides is 1.